The zero-order valence-corrected chi connectivity index (χ0v) is 6.80. The zero-order chi connectivity index (χ0) is 7.35. The largest absolute Gasteiger partial charge is 0.393 e. The maximum absolute atomic E-state index is 9.45. The Morgan fingerprint density at radius 3 is 2.30 bits per heavy atom. The Bertz CT molecular complexity index is 149. The summed E-state index contributed by atoms with van der Waals surface area (Å²) in [6.07, 6.45) is 3.64. The first-order valence-corrected chi connectivity index (χ1v) is 4.28. The monoisotopic (exact) mass is 140 g/mol. The van der Waals surface area contributed by atoms with E-state index in [4.69, 9.17) is 0 Å². The van der Waals surface area contributed by atoms with E-state index in [0.29, 0.717) is 11.3 Å². The summed E-state index contributed by atoms with van der Waals surface area (Å²) in [5.41, 5.74) is 0.532. The lowest BCUT2D eigenvalue weighted by Crippen LogP contribution is -2.27. The van der Waals surface area contributed by atoms with Gasteiger partial charge in [0.2, 0.25) is 0 Å². The van der Waals surface area contributed by atoms with Gasteiger partial charge in [-0.15, -0.1) is 0 Å². The molecule has 2 bridgehead atoms. The van der Waals surface area contributed by atoms with Crippen LogP contribution in [0.15, 0.2) is 0 Å². The Hall–Kier alpha value is -0.0400. The molecule has 58 valence electrons. The standard InChI is InChI=1S/C9H16O/c1-9(2)5-6-3-7(9)4-8(6)10/h6-8,10H,3-5H2,1-2H3/t6-,7+,8-/m0/s1. The fraction of sp³-hybridized carbons (Fsp3) is 1.00. The molecule has 0 spiro atoms. The Labute approximate surface area is 62.4 Å². The van der Waals surface area contributed by atoms with E-state index in [1.165, 1.54) is 12.8 Å². The molecule has 0 unspecified atom stereocenters. The molecule has 2 saturated carbocycles. The number of hydrogen-bond acceptors (Lipinski definition) is 1. The minimum Gasteiger partial charge on any atom is -0.393 e. The molecule has 0 aromatic heterocycles. The molecular formula is C9H16O. The molecule has 0 aliphatic heterocycles. The van der Waals surface area contributed by atoms with Crippen LogP contribution >= 0.6 is 0 Å². The molecule has 1 N–H and O–H groups in total. The minimum atomic E-state index is 0.0398. The van der Waals surface area contributed by atoms with Gasteiger partial charge >= 0.3 is 0 Å². The predicted octanol–water partition coefficient (Wildman–Crippen LogP) is 1.80. The average molecular weight is 140 g/mol. The van der Waals surface area contributed by atoms with Crippen LogP contribution < -0.4 is 0 Å². The van der Waals surface area contributed by atoms with E-state index in [-0.39, 0.29) is 6.10 Å². The molecule has 0 saturated heterocycles. The lowest BCUT2D eigenvalue weighted by Gasteiger charge is -2.31. The van der Waals surface area contributed by atoms with E-state index in [1.54, 1.807) is 0 Å². The highest BCUT2D eigenvalue weighted by Crippen LogP contribution is 2.55. The van der Waals surface area contributed by atoms with Crippen molar-refractivity contribution in [3.8, 4) is 0 Å². The summed E-state index contributed by atoms with van der Waals surface area (Å²) in [4.78, 5) is 0. The van der Waals surface area contributed by atoms with Crippen molar-refractivity contribution in [2.75, 3.05) is 0 Å². The summed E-state index contributed by atoms with van der Waals surface area (Å²) in [5, 5.41) is 9.45. The Morgan fingerprint density at radius 1 is 1.30 bits per heavy atom. The first kappa shape index (κ1) is 6.66. The van der Waals surface area contributed by atoms with Crippen LogP contribution in [0.25, 0.3) is 0 Å². The summed E-state index contributed by atoms with van der Waals surface area (Å²) in [7, 11) is 0. The quantitative estimate of drug-likeness (QED) is 0.544. The van der Waals surface area contributed by atoms with Gasteiger partial charge in [-0.3, -0.25) is 0 Å². The molecule has 1 heteroatoms. The van der Waals surface area contributed by atoms with E-state index >= 15 is 0 Å². The van der Waals surface area contributed by atoms with Gasteiger partial charge in [-0.25, -0.2) is 0 Å². The van der Waals surface area contributed by atoms with Gasteiger partial charge in [0.25, 0.3) is 0 Å². The van der Waals surface area contributed by atoms with Gasteiger partial charge in [0, 0.05) is 0 Å². The molecule has 3 atom stereocenters. The van der Waals surface area contributed by atoms with Crippen LogP contribution in [-0.2, 0) is 0 Å². The van der Waals surface area contributed by atoms with Crippen LogP contribution in [0.5, 0.6) is 0 Å². The van der Waals surface area contributed by atoms with Gasteiger partial charge in [0.15, 0.2) is 0 Å². The van der Waals surface area contributed by atoms with Gasteiger partial charge in [0.1, 0.15) is 0 Å². The van der Waals surface area contributed by atoms with E-state index in [1.807, 2.05) is 0 Å². The third kappa shape index (κ3) is 0.731. The second kappa shape index (κ2) is 1.76. The van der Waals surface area contributed by atoms with Gasteiger partial charge in [-0.05, 0) is 36.5 Å². The molecule has 10 heavy (non-hydrogen) atoms. The third-order valence-corrected chi connectivity index (χ3v) is 3.55. The van der Waals surface area contributed by atoms with Crippen molar-refractivity contribution in [1.82, 2.24) is 0 Å². The normalized spacial score (nSPS) is 50.1. The van der Waals surface area contributed by atoms with E-state index in [0.717, 1.165) is 12.3 Å². The smallest absolute Gasteiger partial charge is 0.0571 e. The van der Waals surface area contributed by atoms with Crippen molar-refractivity contribution in [3.63, 3.8) is 0 Å². The van der Waals surface area contributed by atoms with Crippen LogP contribution in [0.4, 0.5) is 0 Å². The number of aliphatic hydroxyl groups excluding tert-OH is 1. The van der Waals surface area contributed by atoms with Crippen molar-refractivity contribution in [2.24, 2.45) is 17.3 Å². The maximum Gasteiger partial charge on any atom is 0.0571 e. The number of fused-ring (bicyclic) bond motifs is 2. The van der Waals surface area contributed by atoms with Crippen LogP contribution in [-0.4, -0.2) is 11.2 Å². The highest BCUT2D eigenvalue weighted by molar-refractivity contribution is 4.99. The molecule has 0 amide bonds. The number of hydrogen-bond donors (Lipinski definition) is 1. The van der Waals surface area contributed by atoms with Crippen LogP contribution in [0.3, 0.4) is 0 Å². The molecule has 1 nitrogen and oxygen atoms in total. The van der Waals surface area contributed by atoms with Gasteiger partial charge in [-0.2, -0.15) is 0 Å². The predicted molar refractivity (Wildman–Crippen MR) is 40.6 cm³/mol. The molecule has 0 radical (unpaired) electrons. The Balaban J connectivity index is 2.16. The Morgan fingerprint density at radius 2 is 2.00 bits per heavy atom. The lowest BCUT2D eigenvalue weighted by atomic mass is 9.76. The Kier molecular flexibility index (Phi) is 1.17. The van der Waals surface area contributed by atoms with Crippen molar-refractivity contribution in [3.05, 3.63) is 0 Å². The van der Waals surface area contributed by atoms with Crippen LogP contribution in [0.1, 0.15) is 33.1 Å². The molecule has 2 aliphatic carbocycles. The van der Waals surface area contributed by atoms with Crippen molar-refractivity contribution in [2.45, 2.75) is 39.2 Å². The minimum absolute atomic E-state index is 0.0398. The van der Waals surface area contributed by atoms with Gasteiger partial charge in [-0.1, -0.05) is 13.8 Å². The SMILES string of the molecule is CC1(C)C[C@@H]2C[C@@H]1C[C@@H]2O. The van der Waals surface area contributed by atoms with E-state index < -0.39 is 0 Å². The van der Waals surface area contributed by atoms with Crippen LogP contribution in [0, 0.1) is 17.3 Å². The molecular weight excluding hydrogens is 124 g/mol. The first-order chi connectivity index (χ1) is 4.59. The zero-order valence-electron chi connectivity index (χ0n) is 6.80. The molecule has 2 rings (SSSR count). The number of aliphatic hydroxyl groups is 1. The van der Waals surface area contributed by atoms with Gasteiger partial charge < -0.3 is 5.11 Å². The molecule has 2 fully saturated rings. The fourth-order valence-electron chi connectivity index (χ4n) is 2.80. The van der Waals surface area contributed by atoms with Gasteiger partial charge in [0.05, 0.1) is 6.10 Å². The highest BCUT2D eigenvalue weighted by Gasteiger charge is 2.49. The molecule has 0 aromatic rings. The molecule has 0 aromatic carbocycles. The van der Waals surface area contributed by atoms with E-state index in [2.05, 4.69) is 13.8 Å². The lowest BCUT2D eigenvalue weighted by molar-refractivity contribution is 0.0685. The van der Waals surface area contributed by atoms with Crippen molar-refractivity contribution >= 4 is 0 Å². The third-order valence-electron chi connectivity index (χ3n) is 3.55. The summed E-state index contributed by atoms with van der Waals surface area (Å²) in [5.74, 6) is 1.45. The summed E-state index contributed by atoms with van der Waals surface area (Å²) >= 11 is 0. The number of rotatable bonds is 0. The van der Waals surface area contributed by atoms with Crippen molar-refractivity contribution < 1.29 is 5.11 Å². The average Bonchev–Trinajstić information content (AvgIpc) is 2.21. The molecule has 0 heterocycles. The molecule has 2 aliphatic rings. The van der Waals surface area contributed by atoms with E-state index in [9.17, 15) is 5.11 Å². The maximum atomic E-state index is 9.45. The van der Waals surface area contributed by atoms with Crippen LogP contribution in [0.2, 0.25) is 0 Å². The first-order valence-electron chi connectivity index (χ1n) is 4.28. The summed E-state index contributed by atoms with van der Waals surface area (Å²) in [6.45, 7) is 4.67. The van der Waals surface area contributed by atoms with Crippen molar-refractivity contribution in [1.29, 1.82) is 0 Å². The fourth-order valence-corrected chi connectivity index (χ4v) is 2.80. The summed E-state index contributed by atoms with van der Waals surface area (Å²) < 4.78 is 0. The highest BCUT2D eigenvalue weighted by atomic mass is 16.3. The summed E-state index contributed by atoms with van der Waals surface area (Å²) in [6, 6.07) is 0. The second-order valence-electron chi connectivity index (χ2n) is 4.69. The second-order valence-corrected chi connectivity index (χ2v) is 4.69. The topological polar surface area (TPSA) is 20.2 Å².